The second-order valence-corrected chi connectivity index (χ2v) is 4.34. The van der Waals surface area contributed by atoms with Crippen molar-refractivity contribution >= 4 is 17.6 Å². The van der Waals surface area contributed by atoms with Crippen molar-refractivity contribution in [3.8, 4) is 0 Å². The molecule has 1 aromatic heterocycles. The normalized spacial score (nSPS) is 11.4. The van der Waals surface area contributed by atoms with E-state index in [4.69, 9.17) is 16.7 Å². The lowest BCUT2D eigenvalue weighted by Crippen LogP contribution is -2.35. The number of hydrogen-bond acceptors (Lipinski definition) is 3. The molecular weight excluding hydrogens is 230 g/mol. The topological polar surface area (TPSA) is 58.4 Å². The van der Waals surface area contributed by atoms with E-state index in [1.165, 1.54) is 0 Å². The number of imidazole rings is 1. The van der Waals surface area contributed by atoms with Crippen LogP contribution in [0.5, 0.6) is 0 Å². The number of carboxylic acid groups (broad SMARTS) is 1. The van der Waals surface area contributed by atoms with Gasteiger partial charge in [-0.2, -0.15) is 0 Å². The molecule has 0 unspecified atom stereocenters. The summed E-state index contributed by atoms with van der Waals surface area (Å²) in [5.74, 6) is -0.0750. The Bertz CT molecular complexity index is 376. The average Bonchev–Trinajstić information content (AvgIpc) is 2.47. The van der Waals surface area contributed by atoms with Gasteiger partial charge < -0.3 is 9.67 Å². The summed E-state index contributed by atoms with van der Waals surface area (Å²) in [4.78, 5) is 16.7. The number of carbonyl (C=O) groups is 1. The van der Waals surface area contributed by atoms with E-state index in [1.54, 1.807) is 10.8 Å². The molecule has 90 valence electrons. The highest BCUT2D eigenvalue weighted by Gasteiger charge is 2.16. The number of nitrogens with zero attached hydrogens (tertiary/aromatic N) is 3. The van der Waals surface area contributed by atoms with E-state index in [0.717, 1.165) is 5.82 Å². The number of halogens is 1. The van der Waals surface area contributed by atoms with E-state index >= 15 is 0 Å². The fourth-order valence-corrected chi connectivity index (χ4v) is 1.49. The molecule has 0 radical (unpaired) electrons. The fraction of sp³-hybridized carbons (Fsp3) is 0.600. The number of aromatic nitrogens is 2. The van der Waals surface area contributed by atoms with Gasteiger partial charge in [-0.25, -0.2) is 4.98 Å². The van der Waals surface area contributed by atoms with E-state index in [1.807, 2.05) is 25.8 Å². The van der Waals surface area contributed by atoms with Gasteiger partial charge in [-0.1, -0.05) is 11.6 Å². The largest absolute Gasteiger partial charge is 0.480 e. The van der Waals surface area contributed by atoms with Gasteiger partial charge in [-0.15, -0.1) is 0 Å². The molecule has 1 N–H and O–H groups in total. The molecule has 0 spiro atoms. The van der Waals surface area contributed by atoms with E-state index in [-0.39, 0.29) is 12.6 Å². The molecule has 1 rings (SSSR count). The maximum atomic E-state index is 10.7. The first-order chi connectivity index (χ1) is 7.41. The number of hydrogen-bond donors (Lipinski definition) is 1. The van der Waals surface area contributed by atoms with Crippen LogP contribution in [0.15, 0.2) is 6.20 Å². The Kier molecular flexibility index (Phi) is 4.32. The van der Waals surface area contributed by atoms with E-state index < -0.39 is 5.97 Å². The van der Waals surface area contributed by atoms with Crippen molar-refractivity contribution in [3.63, 3.8) is 0 Å². The van der Waals surface area contributed by atoms with Crippen LogP contribution in [0.3, 0.4) is 0 Å². The molecule has 0 aromatic carbocycles. The van der Waals surface area contributed by atoms with Crippen LogP contribution in [0.2, 0.25) is 5.15 Å². The molecule has 0 fully saturated rings. The second-order valence-electron chi connectivity index (χ2n) is 3.95. The lowest BCUT2D eigenvalue weighted by atomic mass is 10.3. The van der Waals surface area contributed by atoms with Gasteiger partial charge in [0.2, 0.25) is 0 Å². The smallest absolute Gasteiger partial charge is 0.317 e. The van der Waals surface area contributed by atoms with Crippen molar-refractivity contribution in [1.82, 2.24) is 14.5 Å². The van der Waals surface area contributed by atoms with Crippen molar-refractivity contribution in [3.05, 3.63) is 17.2 Å². The zero-order valence-corrected chi connectivity index (χ0v) is 10.4. The molecule has 5 nitrogen and oxygen atoms in total. The van der Waals surface area contributed by atoms with Gasteiger partial charge in [-0.3, -0.25) is 9.69 Å². The predicted octanol–water partition coefficient (Wildman–Crippen LogP) is 1.37. The van der Waals surface area contributed by atoms with Gasteiger partial charge in [0.05, 0.1) is 19.3 Å². The average molecular weight is 246 g/mol. The summed E-state index contributed by atoms with van der Waals surface area (Å²) < 4.78 is 1.75. The zero-order valence-electron chi connectivity index (χ0n) is 9.64. The first-order valence-corrected chi connectivity index (χ1v) is 5.41. The Morgan fingerprint density at radius 1 is 1.69 bits per heavy atom. The molecule has 0 aliphatic rings. The van der Waals surface area contributed by atoms with Crippen LogP contribution in [0, 0.1) is 0 Å². The van der Waals surface area contributed by atoms with Crippen LogP contribution in [-0.4, -0.2) is 38.1 Å². The van der Waals surface area contributed by atoms with Gasteiger partial charge in [0, 0.05) is 13.1 Å². The molecule has 0 saturated heterocycles. The van der Waals surface area contributed by atoms with Crippen molar-refractivity contribution in [2.24, 2.45) is 7.05 Å². The van der Waals surface area contributed by atoms with Crippen LogP contribution >= 0.6 is 11.6 Å². The fourth-order valence-electron chi connectivity index (χ4n) is 1.35. The molecule has 0 amide bonds. The van der Waals surface area contributed by atoms with Gasteiger partial charge in [-0.05, 0) is 13.8 Å². The SMILES string of the molecule is CC(C)N(CC(=O)O)Cc1ncc(Cl)n1C. The van der Waals surface area contributed by atoms with E-state index in [9.17, 15) is 4.79 Å². The third kappa shape index (κ3) is 3.21. The highest BCUT2D eigenvalue weighted by molar-refractivity contribution is 6.29. The predicted molar refractivity (Wildman–Crippen MR) is 61.4 cm³/mol. The third-order valence-corrected chi connectivity index (χ3v) is 2.79. The van der Waals surface area contributed by atoms with Crippen LogP contribution in [0.25, 0.3) is 0 Å². The first-order valence-electron chi connectivity index (χ1n) is 5.03. The van der Waals surface area contributed by atoms with Crippen molar-refractivity contribution in [1.29, 1.82) is 0 Å². The Labute approximate surface area is 99.6 Å². The molecule has 0 saturated carbocycles. The minimum absolute atomic E-state index is 0.00213. The number of aliphatic carboxylic acids is 1. The quantitative estimate of drug-likeness (QED) is 0.851. The summed E-state index contributed by atoms with van der Waals surface area (Å²) in [6, 6.07) is 0.145. The minimum atomic E-state index is -0.839. The summed E-state index contributed by atoms with van der Waals surface area (Å²) in [5, 5.41) is 9.34. The van der Waals surface area contributed by atoms with Gasteiger partial charge >= 0.3 is 5.97 Å². The summed E-state index contributed by atoms with van der Waals surface area (Å²) in [6.07, 6.45) is 1.57. The molecule has 0 bridgehead atoms. The standard InChI is InChI=1S/C10H16ClN3O2/c1-7(2)14(6-10(15)16)5-9-12-4-8(11)13(9)3/h4,7H,5-6H2,1-3H3,(H,15,16). The lowest BCUT2D eigenvalue weighted by molar-refractivity contribution is -0.139. The van der Waals surface area contributed by atoms with Gasteiger partial charge in [0.1, 0.15) is 11.0 Å². The Morgan fingerprint density at radius 2 is 2.31 bits per heavy atom. The first kappa shape index (κ1) is 13.0. The molecular formula is C10H16ClN3O2. The van der Waals surface area contributed by atoms with Crippen molar-refractivity contribution in [2.75, 3.05) is 6.54 Å². The van der Waals surface area contributed by atoms with Crippen LogP contribution in [0.1, 0.15) is 19.7 Å². The van der Waals surface area contributed by atoms with E-state index in [2.05, 4.69) is 4.98 Å². The Balaban J connectivity index is 2.75. The third-order valence-electron chi connectivity index (χ3n) is 2.44. The summed E-state index contributed by atoms with van der Waals surface area (Å²) in [5.41, 5.74) is 0. The number of rotatable bonds is 5. The molecule has 6 heteroatoms. The number of carboxylic acids is 1. The van der Waals surface area contributed by atoms with Crippen LogP contribution < -0.4 is 0 Å². The molecule has 1 heterocycles. The molecule has 0 atom stereocenters. The zero-order chi connectivity index (χ0) is 12.3. The van der Waals surface area contributed by atoms with Crippen molar-refractivity contribution in [2.45, 2.75) is 26.4 Å². The van der Waals surface area contributed by atoms with E-state index in [0.29, 0.717) is 11.7 Å². The molecule has 1 aromatic rings. The Hall–Kier alpha value is -1.07. The van der Waals surface area contributed by atoms with Gasteiger partial charge in [0.25, 0.3) is 0 Å². The van der Waals surface area contributed by atoms with Crippen molar-refractivity contribution < 1.29 is 9.90 Å². The molecule has 0 aliphatic heterocycles. The monoisotopic (exact) mass is 245 g/mol. The molecule has 0 aliphatic carbocycles. The summed E-state index contributed by atoms with van der Waals surface area (Å²) in [6.45, 7) is 4.39. The maximum absolute atomic E-state index is 10.7. The van der Waals surface area contributed by atoms with Crippen LogP contribution in [-0.2, 0) is 18.4 Å². The van der Waals surface area contributed by atoms with Crippen LogP contribution in [0.4, 0.5) is 0 Å². The lowest BCUT2D eigenvalue weighted by Gasteiger charge is -2.23. The molecule has 16 heavy (non-hydrogen) atoms. The summed E-state index contributed by atoms with van der Waals surface area (Å²) >= 11 is 5.86. The Morgan fingerprint density at radius 3 is 2.69 bits per heavy atom. The highest BCUT2D eigenvalue weighted by atomic mass is 35.5. The van der Waals surface area contributed by atoms with Gasteiger partial charge in [0.15, 0.2) is 0 Å². The minimum Gasteiger partial charge on any atom is -0.480 e. The second kappa shape index (κ2) is 5.32. The maximum Gasteiger partial charge on any atom is 0.317 e. The summed E-state index contributed by atoms with van der Waals surface area (Å²) in [7, 11) is 1.81. The highest BCUT2D eigenvalue weighted by Crippen LogP contribution is 2.12.